The molecule has 3 aromatic rings. The van der Waals surface area contributed by atoms with Crippen LogP contribution in [0.3, 0.4) is 0 Å². The summed E-state index contributed by atoms with van der Waals surface area (Å²) in [6, 6.07) is 12.9. The maximum absolute atomic E-state index is 14.0. The fourth-order valence-electron chi connectivity index (χ4n) is 2.07. The van der Waals surface area contributed by atoms with E-state index >= 15 is 0 Å². The zero-order valence-electron chi connectivity index (χ0n) is 10.8. The number of nitrogens with one attached hydrogen (secondary N) is 1. The van der Waals surface area contributed by atoms with Gasteiger partial charge >= 0.3 is 0 Å². The summed E-state index contributed by atoms with van der Waals surface area (Å²) in [5.41, 5.74) is 2.49. The van der Waals surface area contributed by atoms with Gasteiger partial charge in [0.15, 0.2) is 0 Å². The lowest BCUT2D eigenvalue weighted by atomic mass is 10.0. The Bertz CT molecular complexity index is 725. The zero-order valence-corrected chi connectivity index (χ0v) is 10.8. The van der Waals surface area contributed by atoms with Crippen LogP contribution in [0.5, 0.6) is 5.88 Å². The van der Waals surface area contributed by atoms with Gasteiger partial charge < -0.3 is 4.74 Å². The summed E-state index contributed by atoms with van der Waals surface area (Å²) in [5.74, 6) is -0.0424. The monoisotopic (exact) mass is 269 g/mol. The fourth-order valence-corrected chi connectivity index (χ4v) is 2.07. The summed E-state index contributed by atoms with van der Waals surface area (Å²) < 4.78 is 19.1. The van der Waals surface area contributed by atoms with Crippen LogP contribution in [0.25, 0.3) is 22.4 Å². The molecule has 4 nitrogen and oxygen atoms in total. The van der Waals surface area contributed by atoms with Gasteiger partial charge in [-0.25, -0.2) is 4.98 Å². The van der Waals surface area contributed by atoms with Gasteiger partial charge in [0.05, 0.1) is 12.7 Å². The van der Waals surface area contributed by atoms with Crippen molar-refractivity contribution in [3.05, 3.63) is 54.6 Å². The summed E-state index contributed by atoms with van der Waals surface area (Å²) in [4.78, 5) is 4.02. The van der Waals surface area contributed by atoms with Crippen molar-refractivity contribution >= 4 is 0 Å². The Morgan fingerprint density at radius 1 is 1.10 bits per heavy atom. The molecule has 2 aromatic heterocycles. The van der Waals surface area contributed by atoms with E-state index in [1.54, 1.807) is 18.3 Å². The summed E-state index contributed by atoms with van der Waals surface area (Å²) in [6.07, 6.45) is 1.58. The first kappa shape index (κ1) is 12.3. The first-order valence-electron chi connectivity index (χ1n) is 6.09. The van der Waals surface area contributed by atoms with Crippen molar-refractivity contribution in [3.8, 4) is 28.3 Å². The Hall–Kier alpha value is -2.69. The van der Waals surface area contributed by atoms with E-state index in [1.165, 1.54) is 7.11 Å². The summed E-state index contributed by atoms with van der Waals surface area (Å²) in [6.45, 7) is 0. The van der Waals surface area contributed by atoms with Crippen molar-refractivity contribution < 1.29 is 9.13 Å². The number of rotatable bonds is 3. The first-order chi connectivity index (χ1) is 9.79. The second-order valence-corrected chi connectivity index (χ2v) is 4.21. The number of nitrogens with zero attached hydrogens (tertiary/aromatic N) is 2. The first-order valence-corrected chi connectivity index (χ1v) is 6.09. The molecule has 1 aromatic carbocycles. The van der Waals surface area contributed by atoms with Crippen molar-refractivity contribution in [2.45, 2.75) is 0 Å². The number of hydrogen-bond acceptors (Lipinski definition) is 3. The predicted octanol–water partition coefficient (Wildman–Crippen LogP) is 3.29. The van der Waals surface area contributed by atoms with Crippen LogP contribution in [0, 0.1) is 5.95 Å². The Balaban J connectivity index is 2.16. The highest BCUT2D eigenvalue weighted by Gasteiger charge is 2.17. The second kappa shape index (κ2) is 5.13. The smallest absolute Gasteiger partial charge is 0.217 e. The summed E-state index contributed by atoms with van der Waals surface area (Å²) >= 11 is 0. The Kier molecular flexibility index (Phi) is 3.16. The van der Waals surface area contributed by atoms with Crippen LogP contribution >= 0.6 is 0 Å². The van der Waals surface area contributed by atoms with Crippen LogP contribution in [-0.2, 0) is 0 Å². The molecule has 1 N–H and O–H groups in total. The standard InChI is InChI=1S/C15H12FN3O/c1-20-12-9-11(7-8-17-12)13-14(18-19-15(13)16)10-5-3-2-4-6-10/h2-9H,1H3,(H,18,19). The van der Waals surface area contributed by atoms with E-state index < -0.39 is 5.95 Å². The van der Waals surface area contributed by atoms with E-state index in [0.29, 0.717) is 22.7 Å². The number of aromatic amines is 1. The fraction of sp³-hybridized carbons (Fsp3) is 0.0667. The zero-order chi connectivity index (χ0) is 13.9. The molecule has 0 bridgehead atoms. The number of pyridine rings is 1. The van der Waals surface area contributed by atoms with E-state index in [2.05, 4.69) is 15.2 Å². The molecule has 0 radical (unpaired) electrons. The molecule has 0 aliphatic rings. The molecule has 5 heteroatoms. The highest BCUT2D eigenvalue weighted by Crippen LogP contribution is 2.33. The van der Waals surface area contributed by atoms with Crippen molar-refractivity contribution in [2.24, 2.45) is 0 Å². The van der Waals surface area contributed by atoms with Gasteiger partial charge in [0.2, 0.25) is 11.8 Å². The molecule has 0 amide bonds. The second-order valence-electron chi connectivity index (χ2n) is 4.21. The molecule has 0 fully saturated rings. The Morgan fingerprint density at radius 2 is 1.90 bits per heavy atom. The Morgan fingerprint density at radius 3 is 2.65 bits per heavy atom. The predicted molar refractivity (Wildman–Crippen MR) is 73.8 cm³/mol. The molecule has 20 heavy (non-hydrogen) atoms. The van der Waals surface area contributed by atoms with Gasteiger partial charge in [-0.1, -0.05) is 30.3 Å². The van der Waals surface area contributed by atoms with Crippen molar-refractivity contribution in [1.82, 2.24) is 15.2 Å². The molecule has 2 heterocycles. The number of hydrogen-bond donors (Lipinski definition) is 1. The lowest BCUT2D eigenvalue weighted by Gasteiger charge is -2.04. The topological polar surface area (TPSA) is 50.8 Å². The third kappa shape index (κ3) is 2.14. The SMILES string of the molecule is COc1cc(-c2c(-c3ccccc3)n[nH]c2F)ccn1. The molecule has 0 saturated heterocycles. The third-order valence-electron chi connectivity index (χ3n) is 3.00. The highest BCUT2D eigenvalue weighted by atomic mass is 19.1. The van der Waals surface area contributed by atoms with E-state index in [-0.39, 0.29) is 0 Å². The van der Waals surface area contributed by atoms with Crippen LogP contribution in [0.15, 0.2) is 48.7 Å². The third-order valence-corrected chi connectivity index (χ3v) is 3.00. The summed E-state index contributed by atoms with van der Waals surface area (Å²) in [5, 5.41) is 6.45. The van der Waals surface area contributed by atoms with E-state index in [0.717, 1.165) is 5.56 Å². The maximum atomic E-state index is 14.0. The van der Waals surface area contributed by atoms with Crippen LogP contribution in [0.4, 0.5) is 4.39 Å². The number of H-pyrrole nitrogens is 1. The van der Waals surface area contributed by atoms with Crippen LogP contribution < -0.4 is 4.74 Å². The average Bonchev–Trinajstić information content (AvgIpc) is 2.90. The molecule has 0 saturated carbocycles. The van der Waals surface area contributed by atoms with Crippen LogP contribution in [0.2, 0.25) is 0 Å². The van der Waals surface area contributed by atoms with Gasteiger partial charge in [-0.15, -0.1) is 0 Å². The van der Waals surface area contributed by atoms with E-state index in [9.17, 15) is 4.39 Å². The van der Waals surface area contributed by atoms with Crippen molar-refractivity contribution in [1.29, 1.82) is 0 Å². The largest absolute Gasteiger partial charge is 0.481 e. The van der Waals surface area contributed by atoms with Gasteiger partial charge in [0.1, 0.15) is 5.69 Å². The minimum absolute atomic E-state index is 0.414. The lowest BCUT2D eigenvalue weighted by Crippen LogP contribution is -1.89. The van der Waals surface area contributed by atoms with Crippen LogP contribution in [-0.4, -0.2) is 22.3 Å². The van der Waals surface area contributed by atoms with Gasteiger partial charge in [-0.2, -0.15) is 9.49 Å². The van der Waals surface area contributed by atoms with Crippen molar-refractivity contribution in [3.63, 3.8) is 0 Å². The quantitative estimate of drug-likeness (QED) is 0.793. The average molecular weight is 269 g/mol. The van der Waals surface area contributed by atoms with Gasteiger partial charge in [0, 0.05) is 17.8 Å². The van der Waals surface area contributed by atoms with E-state index in [4.69, 9.17) is 4.74 Å². The summed E-state index contributed by atoms with van der Waals surface area (Å²) in [7, 11) is 1.52. The van der Waals surface area contributed by atoms with E-state index in [1.807, 2.05) is 30.3 Å². The number of methoxy groups -OCH3 is 1. The minimum atomic E-state index is -0.475. The molecule has 0 aliphatic carbocycles. The maximum Gasteiger partial charge on any atom is 0.217 e. The van der Waals surface area contributed by atoms with Crippen molar-refractivity contribution in [2.75, 3.05) is 7.11 Å². The molecular formula is C15H12FN3O. The lowest BCUT2D eigenvalue weighted by molar-refractivity contribution is 0.398. The molecule has 0 atom stereocenters. The Labute approximate surface area is 115 Å². The molecule has 100 valence electrons. The normalized spacial score (nSPS) is 10.5. The van der Waals surface area contributed by atoms with Gasteiger partial charge in [-0.3, -0.25) is 5.10 Å². The molecule has 0 unspecified atom stereocenters. The van der Waals surface area contributed by atoms with Gasteiger partial charge in [0.25, 0.3) is 0 Å². The number of halogens is 1. The number of ether oxygens (including phenoxy) is 1. The van der Waals surface area contributed by atoms with Gasteiger partial charge in [-0.05, 0) is 11.6 Å². The minimum Gasteiger partial charge on any atom is -0.481 e. The molecule has 0 spiro atoms. The molecule has 0 aliphatic heterocycles. The number of benzene rings is 1. The molecule has 3 rings (SSSR count). The number of aromatic nitrogens is 3. The highest BCUT2D eigenvalue weighted by molar-refractivity contribution is 5.80. The molecular weight excluding hydrogens is 257 g/mol. The van der Waals surface area contributed by atoms with Crippen LogP contribution in [0.1, 0.15) is 0 Å².